The second kappa shape index (κ2) is 16.7. The molecule has 0 aliphatic heterocycles. The van der Waals surface area contributed by atoms with E-state index in [1.807, 2.05) is 11.8 Å². The van der Waals surface area contributed by atoms with Gasteiger partial charge in [0.05, 0.1) is 0 Å². The topological polar surface area (TPSA) is 23.1 Å². The average Bonchev–Trinajstić information content (AvgIpc) is 2.58. The van der Waals surface area contributed by atoms with Crippen LogP contribution in [0.25, 0.3) is 0 Å². The van der Waals surface area contributed by atoms with Crippen molar-refractivity contribution in [3.63, 3.8) is 0 Å². The van der Waals surface area contributed by atoms with Gasteiger partial charge >= 0.3 is 51.4 Å². The largest absolute Gasteiger partial charge is 1.00 e. The molecule has 0 spiro atoms. The monoisotopic (exact) mass is 398 g/mol. The summed E-state index contributed by atoms with van der Waals surface area (Å²) in [5.74, 6) is 8.86. The van der Waals surface area contributed by atoms with Gasteiger partial charge in [0, 0.05) is 12.0 Å². The van der Waals surface area contributed by atoms with Crippen molar-refractivity contribution < 1.29 is 56.5 Å². The van der Waals surface area contributed by atoms with Crippen LogP contribution in [0.3, 0.4) is 0 Å². The zero-order valence-corrected chi connectivity index (χ0v) is 21.3. The van der Waals surface area contributed by atoms with Gasteiger partial charge in [-0.3, -0.25) is 0 Å². The van der Waals surface area contributed by atoms with E-state index in [1.165, 1.54) is 49.8 Å². The van der Waals surface area contributed by atoms with Crippen molar-refractivity contribution in [1.29, 1.82) is 0 Å². The Morgan fingerprint density at radius 2 is 1.42 bits per heavy atom. The van der Waals surface area contributed by atoms with Crippen molar-refractivity contribution in [2.45, 2.75) is 77.6 Å². The fourth-order valence-corrected chi connectivity index (χ4v) is 3.54. The third-order valence-electron chi connectivity index (χ3n) is 4.26. The molecule has 1 rings (SSSR count). The molecule has 0 fully saturated rings. The fraction of sp³-hybridized carbons (Fsp3) is 0.652. The third-order valence-corrected chi connectivity index (χ3v) is 5.41. The van der Waals surface area contributed by atoms with E-state index in [-0.39, 0.29) is 63.4 Å². The predicted octanol–water partition coefficient (Wildman–Crippen LogP) is 2.55. The van der Waals surface area contributed by atoms with Gasteiger partial charge in [-0.25, -0.2) is 0 Å². The Labute approximate surface area is 208 Å². The van der Waals surface area contributed by atoms with Gasteiger partial charge in [-0.05, 0) is 47.5 Å². The van der Waals surface area contributed by atoms with E-state index in [9.17, 15) is 5.11 Å². The zero-order valence-electron chi connectivity index (χ0n) is 17.4. The summed E-state index contributed by atoms with van der Waals surface area (Å²) in [6, 6.07) is 8.68. The molecule has 0 N–H and O–H groups in total. The van der Waals surface area contributed by atoms with Crippen molar-refractivity contribution in [3.05, 3.63) is 35.4 Å². The predicted molar refractivity (Wildman–Crippen MR) is 111 cm³/mol. The van der Waals surface area contributed by atoms with Gasteiger partial charge in [0.1, 0.15) is 0 Å². The van der Waals surface area contributed by atoms with Crippen LogP contribution in [0.4, 0.5) is 0 Å². The molecule has 0 amide bonds. The van der Waals surface area contributed by atoms with Gasteiger partial charge in [0.2, 0.25) is 0 Å². The molecule has 0 bridgehead atoms. The van der Waals surface area contributed by atoms with Crippen molar-refractivity contribution in [2.24, 2.45) is 0 Å². The summed E-state index contributed by atoms with van der Waals surface area (Å²) in [7, 11) is 0. The Hall–Kier alpha value is 0.726. The molecule has 0 aliphatic rings. The summed E-state index contributed by atoms with van der Waals surface area (Å²) in [4.78, 5) is 0. The summed E-state index contributed by atoms with van der Waals surface area (Å²) in [6.45, 7) is 6.79. The van der Waals surface area contributed by atoms with Crippen molar-refractivity contribution in [2.75, 3.05) is 18.1 Å². The standard InChI is InChI=1S/C23H35OS.K/c1-23(2,3)22-16-14-21(15-17-22)13-10-8-6-4-5-7-9-11-19-25-20-12-18-24;/h14-17H,4-9,11-12,18-20H2,1-3H3;/q-1;+1. The first-order valence-electron chi connectivity index (χ1n) is 9.79. The van der Waals surface area contributed by atoms with E-state index in [0.29, 0.717) is 0 Å². The minimum absolute atomic E-state index is 0. The Balaban J connectivity index is 0.00000625. The molecule has 0 atom stereocenters. The smallest absolute Gasteiger partial charge is 0.854 e. The van der Waals surface area contributed by atoms with Crippen molar-refractivity contribution in [3.8, 4) is 11.8 Å². The minimum Gasteiger partial charge on any atom is -0.854 e. The Morgan fingerprint density at radius 3 is 2.04 bits per heavy atom. The van der Waals surface area contributed by atoms with Gasteiger partial charge in [0.25, 0.3) is 0 Å². The van der Waals surface area contributed by atoms with Crippen LogP contribution < -0.4 is 56.5 Å². The summed E-state index contributed by atoms with van der Waals surface area (Å²) in [5.41, 5.74) is 2.70. The normalized spacial score (nSPS) is 10.8. The van der Waals surface area contributed by atoms with E-state index < -0.39 is 0 Å². The summed E-state index contributed by atoms with van der Waals surface area (Å²) >= 11 is 1.93. The van der Waals surface area contributed by atoms with Gasteiger partial charge in [-0.15, -0.1) is 6.61 Å². The van der Waals surface area contributed by atoms with Crippen LogP contribution >= 0.6 is 11.8 Å². The first kappa shape index (κ1) is 26.7. The number of hydrogen-bond acceptors (Lipinski definition) is 2. The zero-order chi connectivity index (χ0) is 18.4. The van der Waals surface area contributed by atoms with Crippen LogP contribution in [0, 0.1) is 11.8 Å². The average molecular weight is 399 g/mol. The molecule has 0 saturated heterocycles. The number of unbranched alkanes of at least 4 members (excludes halogenated alkanes) is 6. The van der Waals surface area contributed by atoms with Crippen LogP contribution in [0.1, 0.15) is 83.3 Å². The molecule has 0 saturated carbocycles. The summed E-state index contributed by atoms with van der Waals surface area (Å²) in [6.07, 6.45) is 9.63. The van der Waals surface area contributed by atoms with Crippen LogP contribution in [0.5, 0.6) is 0 Å². The van der Waals surface area contributed by atoms with E-state index >= 15 is 0 Å². The van der Waals surface area contributed by atoms with Gasteiger partial charge in [0.15, 0.2) is 0 Å². The maximum Gasteiger partial charge on any atom is 1.00 e. The van der Waals surface area contributed by atoms with Crippen LogP contribution in [-0.2, 0) is 5.41 Å². The second-order valence-corrected chi connectivity index (χ2v) is 8.90. The summed E-state index contributed by atoms with van der Waals surface area (Å²) in [5, 5.41) is 10.3. The van der Waals surface area contributed by atoms with E-state index in [1.54, 1.807) is 0 Å². The number of rotatable bonds is 11. The fourth-order valence-electron chi connectivity index (χ4n) is 2.61. The van der Waals surface area contributed by atoms with Crippen LogP contribution in [-0.4, -0.2) is 18.1 Å². The molecule has 3 heteroatoms. The number of thioether (sulfide) groups is 1. The Morgan fingerprint density at radius 1 is 0.846 bits per heavy atom. The maximum absolute atomic E-state index is 10.3. The maximum atomic E-state index is 10.3. The quantitative estimate of drug-likeness (QED) is 0.325. The molecular weight excluding hydrogens is 363 g/mol. The first-order valence-corrected chi connectivity index (χ1v) is 10.9. The molecule has 140 valence electrons. The van der Waals surface area contributed by atoms with E-state index in [4.69, 9.17) is 0 Å². The molecule has 1 aromatic rings. The summed E-state index contributed by atoms with van der Waals surface area (Å²) < 4.78 is 0. The molecule has 1 nitrogen and oxygen atoms in total. The van der Waals surface area contributed by atoms with Gasteiger partial charge in [-0.1, -0.05) is 76.8 Å². The third kappa shape index (κ3) is 13.8. The van der Waals surface area contributed by atoms with E-state index in [2.05, 4.69) is 56.9 Å². The number of benzene rings is 1. The molecular formula is C23H35KOS. The molecule has 26 heavy (non-hydrogen) atoms. The van der Waals surface area contributed by atoms with Crippen molar-refractivity contribution >= 4 is 11.8 Å². The Kier molecular flexibility index (Phi) is 17.1. The SMILES string of the molecule is CC(C)(C)c1ccc(C#CCCCCCCCCSCCC[O-])cc1.[K+]. The molecule has 0 aromatic heterocycles. The van der Waals surface area contributed by atoms with Gasteiger partial charge < -0.3 is 5.11 Å². The van der Waals surface area contributed by atoms with Gasteiger partial charge in [-0.2, -0.15) is 11.8 Å². The second-order valence-electron chi connectivity index (χ2n) is 7.67. The molecule has 0 heterocycles. The molecule has 0 aliphatic carbocycles. The molecule has 0 unspecified atom stereocenters. The minimum atomic E-state index is 0. The molecule has 0 radical (unpaired) electrons. The Bertz CT molecular complexity index is 508. The van der Waals surface area contributed by atoms with Crippen LogP contribution in [0.2, 0.25) is 0 Å². The number of hydrogen-bond donors (Lipinski definition) is 0. The molecule has 1 aromatic carbocycles. The van der Waals surface area contributed by atoms with E-state index in [0.717, 1.165) is 24.2 Å². The van der Waals surface area contributed by atoms with Crippen LogP contribution in [0.15, 0.2) is 24.3 Å². The first-order chi connectivity index (χ1) is 12.0. The van der Waals surface area contributed by atoms with Crippen molar-refractivity contribution in [1.82, 2.24) is 0 Å².